The Morgan fingerprint density at radius 2 is 1.34 bits per heavy atom. The van der Waals surface area contributed by atoms with E-state index in [1.807, 2.05) is 35.7 Å². The van der Waals surface area contributed by atoms with Crippen LogP contribution in [0.15, 0.2) is 95.5 Å². The molecule has 3 nitrogen and oxygen atoms in total. The van der Waals surface area contributed by atoms with Crippen molar-refractivity contribution in [3.8, 4) is 33.6 Å². The van der Waals surface area contributed by atoms with E-state index in [1.165, 1.54) is 0 Å². The molecule has 0 atom stereocenters. The molecule has 4 heteroatoms. The van der Waals surface area contributed by atoms with Gasteiger partial charge in [0.25, 0.3) is 0 Å². The molecular weight excluding hydrogens is 422 g/mol. The van der Waals surface area contributed by atoms with E-state index in [9.17, 15) is 0 Å². The lowest BCUT2D eigenvalue weighted by molar-refractivity contribution is 0.942. The predicted molar refractivity (Wildman–Crippen MR) is 122 cm³/mol. The number of halogens is 1. The zero-order valence-electron chi connectivity index (χ0n) is 15.9. The van der Waals surface area contributed by atoms with Gasteiger partial charge >= 0.3 is 0 Å². The van der Waals surface area contributed by atoms with Crippen molar-refractivity contribution in [2.24, 2.45) is 0 Å². The fourth-order valence-electron chi connectivity index (χ4n) is 3.63. The lowest BCUT2D eigenvalue weighted by atomic mass is 10.0. The first-order chi connectivity index (χ1) is 14.2. The minimum atomic E-state index is 0.868. The van der Waals surface area contributed by atoms with E-state index >= 15 is 0 Å². The minimum Gasteiger partial charge on any atom is -0.233 e. The third-order valence-electron chi connectivity index (χ3n) is 4.97. The summed E-state index contributed by atoms with van der Waals surface area (Å²) in [6.07, 6.45) is 0. The number of rotatable bonds is 3. The van der Waals surface area contributed by atoms with Crippen LogP contribution in [0.5, 0.6) is 0 Å². The number of hydrogen-bond donors (Lipinski definition) is 0. The standard InChI is InChI=1S/C25H18BrN3/c1-17-16-22(18-12-14-21(26)15-13-18)29-25(27-17)23(19-8-4-2-5-9-19)24(28-29)20-10-6-3-7-11-20/h2-16H,1H3. The lowest BCUT2D eigenvalue weighted by Crippen LogP contribution is -1.98. The molecule has 2 aromatic heterocycles. The average molecular weight is 440 g/mol. The van der Waals surface area contributed by atoms with Gasteiger partial charge in [-0.25, -0.2) is 9.50 Å². The van der Waals surface area contributed by atoms with Gasteiger partial charge in [0.15, 0.2) is 5.65 Å². The van der Waals surface area contributed by atoms with Gasteiger partial charge in [-0.2, -0.15) is 5.10 Å². The molecule has 0 radical (unpaired) electrons. The highest BCUT2D eigenvalue weighted by Gasteiger charge is 2.20. The van der Waals surface area contributed by atoms with Crippen molar-refractivity contribution >= 4 is 21.6 Å². The van der Waals surface area contributed by atoms with Crippen molar-refractivity contribution in [2.45, 2.75) is 6.92 Å². The van der Waals surface area contributed by atoms with Crippen molar-refractivity contribution in [1.29, 1.82) is 0 Å². The number of fused-ring (bicyclic) bond motifs is 1. The monoisotopic (exact) mass is 439 g/mol. The van der Waals surface area contributed by atoms with Gasteiger partial charge in [-0.05, 0) is 30.7 Å². The molecule has 140 valence electrons. The van der Waals surface area contributed by atoms with Gasteiger partial charge in [-0.3, -0.25) is 0 Å². The van der Waals surface area contributed by atoms with Crippen LogP contribution in [0, 0.1) is 6.92 Å². The first kappa shape index (κ1) is 17.8. The summed E-state index contributed by atoms with van der Waals surface area (Å²) in [6.45, 7) is 2.03. The smallest absolute Gasteiger partial charge is 0.164 e. The van der Waals surface area contributed by atoms with E-state index < -0.39 is 0 Å². The van der Waals surface area contributed by atoms with E-state index in [0.29, 0.717) is 0 Å². The minimum absolute atomic E-state index is 0.868. The molecule has 5 aromatic rings. The van der Waals surface area contributed by atoms with Crippen molar-refractivity contribution in [3.63, 3.8) is 0 Å². The van der Waals surface area contributed by atoms with Gasteiger partial charge in [0.2, 0.25) is 0 Å². The van der Waals surface area contributed by atoms with Crippen LogP contribution in [0.2, 0.25) is 0 Å². The van der Waals surface area contributed by atoms with Crippen LogP contribution < -0.4 is 0 Å². The van der Waals surface area contributed by atoms with Crippen LogP contribution in [-0.4, -0.2) is 14.6 Å². The van der Waals surface area contributed by atoms with Gasteiger partial charge < -0.3 is 0 Å². The van der Waals surface area contributed by atoms with Crippen LogP contribution in [0.25, 0.3) is 39.3 Å². The topological polar surface area (TPSA) is 30.2 Å². The number of nitrogens with zero attached hydrogens (tertiary/aromatic N) is 3. The van der Waals surface area contributed by atoms with E-state index in [1.54, 1.807) is 0 Å². The molecule has 0 unspecified atom stereocenters. The maximum absolute atomic E-state index is 5.04. The van der Waals surface area contributed by atoms with E-state index in [4.69, 9.17) is 10.1 Å². The number of hydrogen-bond acceptors (Lipinski definition) is 2. The van der Waals surface area contributed by atoms with Crippen LogP contribution in [-0.2, 0) is 0 Å². The Hall–Kier alpha value is -3.24. The summed E-state index contributed by atoms with van der Waals surface area (Å²) in [6, 6.07) is 31.1. The molecule has 0 aliphatic heterocycles. The molecule has 0 saturated heterocycles. The highest BCUT2D eigenvalue weighted by Crippen LogP contribution is 2.36. The molecule has 29 heavy (non-hydrogen) atoms. The molecule has 0 aliphatic carbocycles. The lowest BCUT2D eigenvalue weighted by Gasteiger charge is -2.07. The van der Waals surface area contributed by atoms with Crippen LogP contribution in [0.4, 0.5) is 0 Å². The molecular formula is C25H18BrN3. The van der Waals surface area contributed by atoms with E-state index in [0.717, 1.165) is 49.5 Å². The summed E-state index contributed by atoms with van der Waals surface area (Å²) < 4.78 is 3.03. The van der Waals surface area contributed by atoms with Gasteiger partial charge in [-0.1, -0.05) is 88.7 Å². The first-order valence-corrected chi connectivity index (χ1v) is 10.3. The second kappa shape index (κ2) is 7.30. The number of benzene rings is 3. The summed E-state index contributed by atoms with van der Waals surface area (Å²) in [7, 11) is 0. The Kier molecular flexibility index (Phi) is 4.49. The third kappa shape index (κ3) is 3.26. The van der Waals surface area contributed by atoms with Crippen molar-refractivity contribution in [3.05, 3.63) is 101 Å². The van der Waals surface area contributed by atoms with Crippen molar-refractivity contribution in [1.82, 2.24) is 14.6 Å². The Morgan fingerprint density at radius 3 is 2.00 bits per heavy atom. The molecule has 0 aliphatic rings. The Bertz CT molecular complexity index is 1290. The first-order valence-electron chi connectivity index (χ1n) is 9.48. The fourth-order valence-corrected chi connectivity index (χ4v) is 3.90. The second-order valence-corrected chi connectivity index (χ2v) is 7.90. The number of aryl methyl sites for hydroxylation is 1. The summed E-state index contributed by atoms with van der Waals surface area (Å²) in [5.41, 5.74) is 8.15. The Morgan fingerprint density at radius 1 is 0.724 bits per heavy atom. The summed E-state index contributed by atoms with van der Waals surface area (Å²) >= 11 is 3.52. The Balaban J connectivity index is 1.87. The zero-order chi connectivity index (χ0) is 19.8. The molecule has 0 bridgehead atoms. The summed E-state index contributed by atoms with van der Waals surface area (Å²) in [5.74, 6) is 0. The second-order valence-electron chi connectivity index (χ2n) is 6.98. The predicted octanol–water partition coefficient (Wildman–Crippen LogP) is 6.80. The summed E-state index contributed by atoms with van der Waals surface area (Å²) in [5, 5.41) is 5.04. The maximum Gasteiger partial charge on any atom is 0.164 e. The molecule has 3 aromatic carbocycles. The van der Waals surface area contributed by atoms with Gasteiger partial charge in [0.05, 0.1) is 11.3 Å². The van der Waals surface area contributed by atoms with Gasteiger partial charge in [-0.15, -0.1) is 0 Å². The quantitative estimate of drug-likeness (QED) is 0.309. The third-order valence-corrected chi connectivity index (χ3v) is 5.50. The molecule has 0 saturated carbocycles. The van der Waals surface area contributed by atoms with Gasteiger partial charge in [0, 0.05) is 21.3 Å². The maximum atomic E-state index is 5.04. The molecule has 5 rings (SSSR count). The van der Waals surface area contributed by atoms with Crippen LogP contribution in [0.3, 0.4) is 0 Å². The van der Waals surface area contributed by atoms with Crippen molar-refractivity contribution in [2.75, 3.05) is 0 Å². The summed E-state index contributed by atoms with van der Waals surface area (Å²) in [4.78, 5) is 4.89. The largest absolute Gasteiger partial charge is 0.233 e. The highest BCUT2D eigenvalue weighted by molar-refractivity contribution is 9.10. The average Bonchev–Trinajstić information content (AvgIpc) is 3.14. The number of aromatic nitrogens is 3. The molecule has 0 spiro atoms. The Labute approximate surface area is 177 Å². The molecule has 2 heterocycles. The molecule has 0 N–H and O–H groups in total. The SMILES string of the molecule is Cc1cc(-c2ccc(Br)cc2)n2nc(-c3ccccc3)c(-c3ccccc3)c2n1. The zero-order valence-corrected chi connectivity index (χ0v) is 17.5. The molecule has 0 amide bonds. The van der Waals surface area contributed by atoms with E-state index in [2.05, 4.69) is 82.7 Å². The van der Waals surface area contributed by atoms with Crippen molar-refractivity contribution < 1.29 is 0 Å². The van der Waals surface area contributed by atoms with Crippen LogP contribution >= 0.6 is 15.9 Å². The van der Waals surface area contributed by atoms with Gasteiger partial charge in [0.1, 0.15) is 5.69 Å². The van der Waals surface area contributed by atoms with E-state index in [-0.39, 0.29) is 0 Å². The normalized spacial score (nSPS) is 11.1. The van der Waals surface area contributed by atoms with Crippen LogP contribution in [0.1, 0.15) is 5.69 Å². The fraction of sp³-hybridized carbons (Fsp3) is 0.0400. The molecule has 0 fully saturated rings. The highest BCUT2D eigenvalue weighted by atomic mass is 79.9.